The molecule has 1 unspecified atom stereocenters. The van der Waals surface area contributed by atoms with Gasteiger partial charge in [0.1, 0.15) is 23.5 Å². The summed E-state index contributed by atoms with van der Waals surface area (Å²) in [6, 6.07) is 1.55. The average molecular weight is 337 g/mol. The monoisotopic (exact) mass is 336 g/mol. The standard InChI is InChI=1S/C12H13BrN6O/c1-3-10(19-7-9(13)6-16-19)12(20)17-11-8(4-14)5-15-18(11)2/h5-7,10H,3H2,1-2H3,(H,17,20). The van der Waals surface area contributed by atoms with Crippen molar-refractivity contribution in [2.75, 3.05) is 5.32 Å². The molecule has 2 rings (SSSR count). The molecule has 7 nitrogen and oxygen atoms in total. The van der Waals surface area contributed by atoms with Crippen molar-refractivity contribution in [2.24, 2.45) is 7.05 Å². The quantitative estimate of drug-likeness (QED) is 0.922. The SMILES string of the molecule is CCC(C(=O)Nc1c(C#N)cnn1C)n1cc(Br)cn1. The maximum atomic E-state index is 12.3. The van der Waals surface area contributed by atoms with Crippen LogP contribution in [0, 0.1) is 11.3 Å². The molecule has 20 heavy (non-hydrogen) atoms. The van der Waals surface area contributed by atoms with E-state index in [0.29, 0.717) is 17.8 Å². The number of nitriles is 1. The third-order valence-corrected chi connectivity index (χ3v) is 3.29. The Hall–Kier alpha value is -2.14. The van der Waals surface area contributed by atoms with Crippen LogP contribution in [0.4, 0.5) is 5.82 Å². The zero-order valence-electron chi connectivity index (χ0n) is 11.0. The van der Waals surface area contributed by atoms with Gasteiger partial charge < -0.3 is 5.32 Å². The molecule has 0 radical (unpaired) electrons. The Morgan fingerprint density at radius 3 is 2.85 bits per heavy atom. The van der Waals surface area contributed by atoms with E-state index in [0.717, 1.165) is 4.47 Å². The number of halogens is 1. The summed E-state index contributed by atoms with van der Waals surface area (Å²) in [6.07, 6.45) is 5.36. The van der Waals surface area contributed by atoms with Crippen LogP contribution in [0.15, 0.2) is 23.1 Å². The molecule has 0 aromatic carbocycles. The van der Waals surface area contributed by atoms with Gasteiger partial charge in [0.05, 0.1) is 16.9 Å². The molecular weight excluding hydrogens is 324 g/mol. The highest BCUT2D eigenvalue weighted by atomic mass is 79.9. The lowest BCUT2D eigenvalue weighted by Gasteiger charge is -2.15. The second kappa shape index (κ2) is 5.88. The minimum absolute atomic E-state index is 0.233. The van der Waals surface area contributed by atoms with Gasteiger partial charge in [-0.15, -0.1) is 0 Å². The zero-order chi connectivity index (χ0) is 14.7. The largest absolute Gasteiger partial charge is 0.308 e. The van der Waals surface area contributed by atoms with Gasteiger partial charge in [-0.1, -0.05) is 6.92 Å². The van der Waals surface area contributed by atoms with Crippen LogP contribution in [-0.4, -0.2) is 25.5 Å². The lowest BCUT2D eigenvalue weighted by atomic mass is 10.2. The van der Waals surface area contributed by atoms with Gasteiger partial charge in [-0.3, -0.25) is 14.2 Å². The second-order valence-corrected chi connectivity index (χ2v) is 5.11. The third-order valence-electron chi connectivity index (χ3n) is 2.88. The number of carbonyl (C=O) groups excluding carboxylic acids is 1. The minimum Gasteiger partial charge on any atom is -0.308 e. The molecule has 0 aliphatic carbocycles. The number of aryl methyl sites for hydroxylation is 1. The molecular formula is C12H13BrN6O. The van der Waals surface area contributed by atoms with Crippen molar-refractivity contribution >= 4 is 27.7 Å². The van der Waals surface area contributed by atoms with Crippen LogP contribution >= 0.6 is 15.9 Å². The molecule has 2 aromatic heterocycles. The maximum absolute atomic E-state index is 12.3. The third kappa shape index (κ3) is 2.72. The van der Waals surface area contributed by atoms with Crippen LogP contribution in [0.1, 0.15) is 24.9 Å². The second-order valence-electron chi connectivity index (χ2n) is 4.19. The summed E-state index contributed by atoms with van der Waals surface area (Å²) < 4.78 is 3.85. The number of carbonyl (C=O) groups is 1. The Morgan fingerprint density at radius 1 is 1.55 bits per heavy atom. The number of amides is 1. The number of hydrogen-bond acceptors (Lipinski definition) is 4. The summed E-state index contributed by atoms with van der Waals surface area (Å²) in [5.41, 5.74) is 0.331. The van der Waals surface area contributed by atoms with Gasteiger partial charge in [-0.2, -0.15) is 15.5 Å². The van der Waals surface area contributed by atoms with Gasteiger partial charge in [0.2, 0.25) is 5.91 Å². The molecule has 0 saturated carbocycles. The van der Waals surface area contributed by atoms with Crippen molar-refractivity contribution in [3.05, 3.63) is 28.6 Å². The molecule has 0 spiro atoms. The molecule has 0 saturated heterocycles. The van der Waals surface area contributed by atoms with E-state index in [1.54, 1.807) is 24.1 Å². The summed E-state index contributed by atoms with van der Waals surface area (Å²) >= 11 is 3.30. The molecule has 1 amide bonds. The molecule has 1 atom stereocenters. The number of rotatable bonds is 4. The van der Waals surface area contributed by atoms with Crippen LogP contribution in [0.5, 0.6) is 0 Å². The van der Waals surface area contributed by atoms with Gasteiger partial charge in [-0.05, 0) is 22.4 Å². The summed E-state index contributed by atoms with van der Waals surface area (Å²) in [5, 5.41) is 19.8. The van der Waals surface area contributed by atoms with Gasteiger partial charge in [-0.25, -0.2) is 0 Å². The van der Waals surface area contributed by atoms with Crippen molar-refractivity contribution in [1.29, 1.82) is 5.26 Å². The van der Waals surface area contributed by atoms with Crippen molar-refractivity contribution in [2.45, 2.75) is 19.4 Å². The first-order valence-electron chi connectivity index (χ1n) is 5.99. The molecule has 2 aromatic rings. The minimum atomic E-state index is -0.442. The topological polar surface area (TPSA) is 88.5 Å². The summed E-state index contributed by atoms with van der Waals surface area (Å²) in [6.45, 7) is 1.90. The number of nitrogens with zero attached hydrogens (tertiary/aromatic N) is 5. The summed E-state index contributed by atoms with van der Waals surface area (Å²) in [5.74, 6) is 0.158. The van der Waals surface area contributed by atoms with E-state index < -0.39 is 6.04 Å². The van der Waals surface area contributed by atoms with E-state index in [2.05, 4.69) is 31.4 Å². The molecule has 0 fully saturated rings. The van der Waals surface area contributed by atoms with Crippen LogP contribution in [0.25, 0.3) is 0 Å². The van der Waals surface area contributed by atoms with Crippen LogP contribution < -0.4 is 5.32 Å². The van der Waals surface area contributed by atoms with E-state index in [-0.39, 0.29) is 5.91 Å². The number of hydrogen-bond donors (Lipinski definition) is 1. The molecule has 104 valence electrons. The lowest BCUT2D eigenvalue weighted by molar-refractivity contribution is -0.119. The van der Waals surface area contributed by atoms with Crippen LogP contribution in [0.3, 0.4) is 0 Å². The van der Waals surface area contributed by atoms with Crippen molar-refractivity contribution in [1.82, 2.24) is 19.6 Å². The molecule has 8 heteroatoms. The first kappa shape index (κ1) is 14.3. The Bertz CT molecular complexity index is 668. The van der Waals surface area contributed by atoms with Crippen molar-refractivity contribution < 1.29 is 4.79 Å². The number of nitrogens with one attached hydrogen (secondary N) is 1. The Labute approximate surface area is 124 Å². The highest BCUT2D eigenvalue weighted by Crippen LogP contribution is 2.19. The first-order chi connectivity index (χ1) is 9.56. The van der Waals surface area contributed by atoms with Gasteiger partial charge >= 0.3 is 0 Å². The van der Waals surface area contributed by atoms with E-state index in [4.69, 9.17) is 5.26 Å². The average Bonchev–Trinajstić information content (AvgIpc) is 2.98. The molecule has 0 aliphatic heterocycles. The molecule has 0 bridgehead atoms. The molecule has 1 N–H and O–H groups in total. The van der Waals surface area contributed by atoms with E-state index in [1.807, 2.05) is 13.0 Å². The Kier molecular flexibility index (Phi) is 4.20. The fourth-order valence-electron chi connectivity index (χ4n) is 1.85. The summed E-state index contributed by atoms with van der Waals surface area (Å²) in [7, 11) is 1.67. The number of aromatic nitrogens is 4. The van der Waals surface area contributed by atoms with Gasteiger partial charge in [0, 0.05) is 13.2 Å². The fraction of sp³-hybridized carbons (Fsp3) is 0.333. The zero-order valence-corrected chi connectivity index (χ0v) is 12.6. The maximum Gasteiger partial charge on any atom is 0.250 e. The van der Waals surface area contributed by atoms with Crippen molar-refractivity contribution in [3.63, 3.8) is 0 Å². The Morgan fingerprint density at radius 2 is 2.30 bits per heavy atom. The van der Waals surface area contributed by atoms with Crippen LogP contribution in [-0.2, 0) is 11.8 Å². The lowest BCUT2D eigenvalue weighted by Crippen LogP contribution is -2.27. The van der Waals surface area contributed by atoms with E-state index in [1.165, 1.54) is 10.9 Å². The first-order valence-corrected chi connectivity index (χ1v) is 6.78. The molecule has 2 heterocycles. The smallest absolute Gasteiger partial charge is 0.250 e. The number of anilines is 1. The van der Waals surface area contributed by atoms with Gasteiger partial charge in [0.25, 0.3) is 0 Å². The predicted octanol–water partition coefficient (Wildman–Crippen LogP) is 1.84. The van der Waals surface area contributed by atoms with E-state index >= 15 is 0 Å². The van der Waals surface area contributed by atoms with Crippen molar-refractivity contribution in [3.8, 4) is 6.07 Å². The highest BCUT2D eigenvalue weighted by molar-refractivity contribution is 9.10. The van der Waals surface area contributed by atoms with Crippen LogP contribution in [0.2, 0.25) is 0 Å². The Balaban J connectivity index is 2.22. The highest BCUT2D eigenvalue weighted by Gasteiger charge is 2.21. The van der Waals surface area contributed by atoms with E-state index in [9.17, 15) is 4.79 Å². The van der Waals surface area contributed by atoms with Gasteiger partial charge in [0.15, 0.2) is 0 Å². The molecule has 0 aliphatic rings. The normalized spacial score (nSPS) is 11.9. The predicted molar refractivity (Wildman–Crippen MR) is 75.8 cm³/mol. The summed E-state index contributed by atoms with van der Waals surface area (Å²) in [4.78, 5) is 12.3. The fourth-order valence-corrected chi connectivity index (χ4v) is 2.15.